The highest BCUT2D eigenvalue weighted by Crippen LogP contribution is 2.14. The minimum Gasteiger partial charge on any atom is -0.368 e. The summed E-state index contributed by atoms with van der Waals surface area (Å²) in [6.07, 6.45) is 0. The molecule has 0 bridgehead atoms. The fourth-order valence-corrected chi connectivity index (χ4v) is 2.03. The maximum Gasteiger partial charge on any atom is 0.248 e. The number of nitrogens with one attached hydrogen (secondary N) is 1. The molecule has 6 nitrogen and oxygen atoms in total. The number of carbonyl (C=O) groups is 1. The van der Waals surface area contributed by atoms with Crippen molar-refractivity contribution >= 4 is 23.4 Å². The van der Waals surface area contributed by atoms with E-state index in [1.807, 2.05) is 48.5 Å². The molecule has 0 spiro atoms. The second-order valence-corrected chi connectivity index (χ2v) is 4.73. The van der Waals surface area contributed by atoms with Crippen LogP contribution in [0.25, 0.3) is 0 Å². The Hall–Kier alpha value is -3.15. The summed E-state index contributed by atoms with van der Waals surface area (Å²) in [5.41, 5.74) is 7.29. The number of aromatic nitrogens is 3. The Morgan fingerprint density at radius 1 is 1.05 bits per heavy atom. The van der Waals surface area contributed by atoms with Crippen LogP contribution in [0.4, 0.5) is 17.6 Å². The number of rotatable bonds is 5. The van der Waals surface area contributed by atoms with Crippen LogP contribution < -0.4 is 11.1 Å². The van der Waals surface area contributed by atoms with Gasteiger partial charge >= 0.3 is 0 Å². The van der Waals surface area contributed by atoms with Gasteiger partial charge in [0, 0.05) is 11.3 Å². The summed E-state index contributed by atoms with van der Waals surface area (Å²) >= 11 is 0. The Kier molecular flexibility index (Phi) is 3.82. The molecule has 1 heterocycles. The van der Waals surface area contributed by atoms with Crippen LogP contribution in [-0.2, 0) is 6.54 Å². The van der Waals surface area contributed by atoms with Crippen LogP contribution in [0.1, 0.15) is 10.4 Å². The van der Waals surface area contributed by atoms with E-state index in [4.69, 9.17) is 5.73 Å². The van der Waals surface area contributed by atoms with Crippen molar-refractivity contribution in [1.29, 1.82) is 0 Å². The first-order chi connectivity index (χ1) is 10.7. The third-order valence-corrected chi connectivity index (χ3v) is 3.12. The average Bonchev–Trinajstić information content (AvgIpc) is 2.88. The quantitative estimate of drug-likeness (QED) is 0.706. The van der Waals surface area contributed by atoms with Gasteiger partial charge in [-0.05, 0) is 12.1 Å². The molecule has 3 N–H and O–H groups in total. The molecular weight excluding hydrogens is 278 g/mol. The summed E-state index contributed by atoms with van der Waals surface area (Å²) in [6.45, 7) is 0.0549. The Morgan fingerprint density at radius 2 is 1.68 bits per heavy atom. The summed E-state index contributed by atoms with van der Waals surface area (Å²) in [4.78, 5) is 16.3. The van der Waals surface area contributed by atoms with Gasteiger partial charge < -0.3 is 11.1 Å². The predicted molar refractivity (Wildman–Crippen MR) is 84.9 cm³/mol. The zero-order valence-electron chi connectivity index (χ0n) is 11.8. The molecule has 110 valence electrons. The molecule has 0 aliphatic carbocycles. The number of anilines is 3. The molecule has 0 atom stereocenters. The van der Waals surface area contributed by atoms with Crippen molar-refractivity contribution in [1.82, 2.24) is 14.8 Å². The van der Waals surface area contributed by atoms with Crippen molar-refractivity contribution in [2.75, 3.05) is 11.1 Å². The molecular formula is C16H15N5O. The second-order valence-electron chi connectivity index (χ2n) is 4.73. The van der Waals surface area contributed by atoms with Crippen LogP contribution in [0.15, 0.2) is 60.7 Å². The van der Waals surface area contributed by atoms with E-state index in [-0.39, 0.29) is 18.3 Å². The fourth-order valence-electron chi connectivity index (χ4n) is 2.03. The van der Waals surface area contributed by atoms with E-state index < -0.39 is 0 Å². The van der Waals surface area contributed by atoms with Crippen LogP contribution in [0.2, 0.25) is 0 Å². The SMILES string of the molecule is Nc1nc(Nc2ccccc2)nn1CC(=O)c1ccccc1. The van der Waals surface area contributed by atoms with Gasteiger partial charge in [0.1, 0.15) is 6.54 Å². The van der Waals surface area contributed by atoms with Crippen LogP contribution >= 0.6 is 0 Å². The topological polar surface area (TPSA) is 85.8 Å². The Bertz CT molecular complexity index is 768. The lowest BCUT2D eigenvalue weighted by atomic mass is 10.1. The molecule has 3 rings (SSSR count). The Morgan fingerprint density at radius 3 is 2.36 bits per heavy atom. The standard InChI is InChI=1S/C16H15N5O/c17-15-19-16(18-13-9-5-2-6-10-13)20-21(15)11-14(22)12-7-3-1-4-8-12/h1-10H,11H2,(H3,17,18,19,20). The van der Waals surface area contributed by atoms with E-state index in [2.05, 4.69) is 15.4 Å². The van der Waals surface area contributed by atoms with Crippen molar-refractivity contribution in [2.45, 2.75) is 6.54 Å². The highest BCUT2D eigenvalue weighted by Gasteiger charge is 2.12. The minimum atomic E-state index is -0.0662. The average molecular weight is 293 g/mol. The molecule has 6 heteroatoms. The van der Waals surface area contributed by atoms with E-state index in [9.17, 15) is 4.79 Å². The number of carbonyl (C=O) groups excluding carboxylic acids is 1. The van der Waals surface area contributed by atoms with Crippen molar-refractivity contribution in [3.8, 4) is 0 Å². The van der Waals surface area contributed by atoms with Gasteiger partial charge in [-0.25, -0.2) is 4.68 Å². The summed E-state index contributed by atoms with van der Waals surface area (Å²) in [6, 6.07) is 18.5. The molecule has 0 aliphatic heterocycles. The van der Waals surface area contributed by atoms with Gasteiger partial charge in [0.15, 0.2) is 5.78 Å². The fraction of sp³-hybridized carbons (Fsp3) is 0.0625. The van der Waals surface area contributed by atoms with Gasteiger partial charge in [0.05, 0.1) is 0 Å². The van der Waals surface area contributed by atoms with Crippen LogP contribution in [0, 0.1) is 0 Å². The smallest absolute Gasteiger partial charge is 0.248 e. The number of hydrogen-bond acceptors (Lipinski definition) is 5. The molecule has 0 saturated heterocycles. The largest absolute Gasteiger partial charge is 0.368 e. The van der Waals surface area contributed by atoms with Crippen LogP contribution in [-0.4, -0.2) is 20.5 Å². The van der Waals surface area contributed by atoms with Gasteiger partial charge in [0.2, 0.25) is 11.9 Å². The van der Waals surface area contributed by atoms with Crippen LogP contribution in [0.5, 0.6) is 0 Å². The maximum absolute atomic E-state index is 12.2. The normalized spacial score (nSPS) is 10.4. The van der Waals surface area contributed by atoms with E-state index in [1.165, 1.54) is 4.68 Å². The molecule has 0 aliphatic rings. The molecule has 2 aromatic carbocycles. The van der Waals surface area contributed by atoms with Crippen molar-refractivity contribution < 1.29 is 4.79 Å². The highest BCUT2D eigenvalue weighted by molar-refractivity contribution is 5.95. The zero-order valence-corrected chi connectivity index (χ0v) is 11.8. The van der Waals surface area contributed by atoms with Gasteiger partial charge in [-0.1, -0.05) is 48.5 Å². The maximum atomic E-state index is 12.2. The number of para-hydroxylation sites is 1. The van der Waals surface area contributed by atoms with Gasteiger partial charge in [0.25, 0.3) is 0 Å². The number of nitrogens with two attached hydrogens (primary N) is 1. The molecule has 3 aromatic rings. The molecule has 0 unspecified atom stereocenters. The molecule has 0 saturated carbocycles. The predicted octanol–water partition coefficient (Wildman–Crippen LogP) is 2.49. The lowest BCUT2D eigenvalue weighted by Gasteiger charge is -2.02. The summed E-state index contributed by atoms with van der Waals surface area (Å²) in [7, 11) is 0. The third kappa shape index (κ3) is 3.12. The summed E-state index contributed by atoms with van der Waals surface area (Å²) < 4.78 is 1.39. The molecule has 1 aromatic heterocycles. The summed E-state index contributed by atoms with van der Waals surface area (Å²) in [5.74, 6) is 0.496. The van der Waals surface area contributed by atoms with Crippen molar-refractivity contribution in [3.63, 3.8) is 0 Å². The minimum absolute atomic E-state index is 0.0549. The number of nitrogen functional groups attached to an aromatic ring is 1. The summed E-state index contributed by atoms with van der Waals surface area (Å²) in [5, 5.41) is 7.26. The number of Topliss-reactive ketones (excluding diaryl/α,β-unsaturated/α-hetero) is 1. The van der Waals surface area contributed by atoms with Crippen molar-refractivity contribution in [3.05, 3.63) is 66.2 Å². The Labute approximate surface area is 127 Å². The molecule has 0 fully saturated rings. The van der Waals surface area contributed by atoms with Crippen LogP contribution in [0.3, 0.4) is 0 Å². The number of hydrogen-bond donors (Lipinski definition) is 2. The van der Waals surface area contributed by atoms with Gasteiger partial charge in [-0.15, -0.1) is 5.10 Å². The zero-order chi connectivity index (χ0) is 15.4. The number of ketones is 1. The second kappa shape index (κ2) is 6.09. The first-order valence-electron chi connectivity index (χ1n) is 6.83. The third-order valence-electron chi connectivity index (χ3n) is 3.12. The first-order valence-corrected chi connectivity index (χ1v) is 6.83. The lowest BCUT2D eigenvalue weighted by Crippen LogP contribution is -2.14. The monoisotopic (exact) mass is 293 g/mol. The van der Waals surface area contributed by atoms with E-state index in [1.54, 1.807) is 12.1 Å². The molecule has 0 amide bonds. The number of nitrogens with zero attached hydrogens (tertiary/aromatic N) is 3. The van der Waals surface area contributed by atoms with E-state index >= 15 is 0 Å². The highest BCUT2D eigenvalue weighted by atomic mass is 16.1. The van der Waals surface area contributed by atoms with Crippen molar-refractivity contribution in [2.24, 2.45) is 0 Å². The molecule has 22 heavy (non-hydrogen) atoms. The lowest BCUT2D eigenvalue weighted by molar-refractivity contribution is 0.0968. The first kappa shape index (κ1) is 13.8. The van der Waals surface area contributed by atoms with Gasteiger partial charge in [-0.2, -0.15) is 4.98 Å². The Balaban J connectivity index is 1.74. The van der Waals surface area contributed by atoms with E-state index in [0.29, 0.717) is 11.5 Å². The number of benzene rings is 2. The van der Waals surface area contributed by atoms with E-state index in [0.717, 1.165) is 5.69 Å². The van der Waals surface area contributed by atoms with Gasteiger partial charge in [-0.3, -0.25) is 4.79 Å². The molecule has 0 radical (unpaired) electrons.